The van der Waals surface area contributed by atoms with Gasteiger partial charge in [0.05, 0.1) is 24.0 Å². The lowest BCUT2D eigenvalue weighted by atomic mass is 9.78. The average molecular weight is 278 g/mol. The smallest absolute Gasteiger partial charge is 0.152 e. The van der Waals surface area contributed by atoms with Gasteiger partial charge in [-0.25, -0.2) is 0 Å². The van der Waals surface area contributed by atoms with Crippen molar-refractivity contribution in [1.82, 2.24) is 0 Å². The van der Waals surface area contributed by atoms with Crippen molar-refractivity contribution in [2.45, 2.75) is 36.9 Å². The topological polar surface area (TPSA) is 26.3 Å². The van der Waals surface area contributed by atoms with E-state index >= 15 is 0 Å². The molecule has 0 aliphatic carbocycles. The number of Topliss-reactive ketones (excluding diaryl/α,β-unsaturated/α-hetero) is 1. The third-order valence-electron chi connectivity index (χ3n) is 4.76. The van der Waals surface area contributed by atoms with E-state index in [1.807, 2.05) is 60.7 Å². The number of ketones is 1. The molecule has 2 heterocycles. The predicted octanol–water partition coefficient (Wildman–Crippen LogP) is 3.68. The SMILES string of the molecule is O=C1C(c2ccccc2)C2CCC(O2)C1c1ccccc1. The standard InChI is InChI=1S/C19H18O2/c20-19-17(13-7-3-1-4-8-13)15-11-12-16(21-15)18(19)14-9-5-2-6-10-14/h1-10,15-18H,11-12H2. The first-order chi connectivity index (χ1) is 10.3. The lowest BCUT2D eigenvalue weighted by molar-refractivity contribution is -0.135. The monoisotopic (exact) mass is 278 g/mol. The van der Waals surface area contributed by atoms with Gasteiger partial charge in [-0.3, -0.25) is 4.79 Å². The number of ether oxygens (including phenoxy) is 1. The molecule has 2 aliphatic heterocycles. The summed E-state index contributed by atoms with van der Waals surface area (Å²) in [6.45, 7) is 0. The van der Waals surface area contributed by atoms with E-state index in [0.29, 0.717) is 5.78 Å². The molecule has 4 rings (SSSR count). The molecule has 0 amide bonds. The van der Waals surface area contributed by atoms with Gasteiger partial charge in [0.25, 0.3) is 0 Å². The lowest BCUT2D eigenvalue weighted by Crippen LogP contribution is -2.40. The maximum absolute atomic E-state index is 13.1. The van der Waals surface area contributed by atoms with Crippen LogP contribution in [0.2, 0.25) is 0 Å². The van der Waals surface area contributed by atoms with Crippen LogP contribution in [0.15, 0.2) is 60.7 Å². The van der Waals surface area contributed by atoms with Gasteiger partial charge < -0.3 is 4.74 Å². The van der Waals surface area contributed by atoms with Crippen molar-refractivity contribution >= 4 is 5.78 Å². The Balaban J connectivity index is 1.75. The van der Waals surface area contributed by atoms with E-state index < -0.39 is 0 Å². The highest BCUT2D eigenvalue weighted by Crippen LogP contribution is 2.46. The van der Waals surface area contributed by atoms with Crippen LogP contribution in [0.3, 0.4) is 0 Å². The van der Waals surface area contributed by atoms with Crippen LogP contribution < -0.4 is 0 Å². The molecule has 0 saturated carbocycles. The van der Waals surface area contributed by atoms with Gasteiger partial charge in [-0.1, -0.05) is 60.7 Å². The van der Waals surface area contributed by atoms with Crippen molar-refractivity contribution in [3.8, 4) is 0 Å². The summed E-state index contributed by atoms with van der Waals surface area (Å²) in [4.78, 5) is 13.1. The average Bonchev–Trinajstić information content (AvgIpc) is 2.94. The molecule has 0 spiro atoms. The third kappa shape index (κ3) is 2.11. The van der Waals surface area contributed by atoms with E-state index in [4.69, 9.17) is 4.74 Å². The second-order valence-electron chi connectivity index (χ2n) is 5.97. The first-order valence-electron chi connectivity index (χ1n) is 7.63. The predicted molar refractivity (Wildman–Crippen MR) is 81.3 cm³/mol. The number of carbonyl (C=O) groups is 1. The van der Waals surface area contributed by atoms with Gasteiger partial charge in [0.2, 0.25) is 0 Å². The van der Waals surface area contributed by atoms with Gasteiger partial charge in [-0.2, -0.15) is 0 Å². The number of rotatable bonds is 2. The molecular weight excluding hydrogens is 260 g/mol. The summed E-state index contributed by atoms with van der Waals surface area (Å²) in [5, 5.41) is 0. The number of hydrogen-bond donors (Lipinski definition) is 0. The fourth-order valence-electron chi connectivity index (χ4n) is 3.82. The second-order valence-corrected chi connectivity index (χ2v) is 5.97. The summed E-state index contributed by atoms with van der Waals surface area (Å²) in [6, 6.07) is 20.2. The molecule has 4 atom stereocenters. The number of hydrogen-bond acceptors (Lipinski definition) is 2. The summed E-state index contributed by atoms with van der Waals surface area (Å²) in [6.07, 6.45) is 2.09. The minimum Gasteiger partial charge on any atom is -0.373 e. The Morgan fingerprint density at radius 1 is 0.714 bits per heavy atom. The normalized spacial score (nSPS) is 31.3. The van der Waals surface area contributed by atoms with Crippen molar-refractivity contribution in [1.29, 1.82) is 0 Å². The van der Waals surface area contributed by atoms with Crippen molar-refractivity contribution < 1.29 is 9.53 Å². The van der Waals surface area contributed by atoms with Gasteiger partial charge in [-0.05, 0) is 24.0 Å². The highest BCUT2D eigenvalue weighted by molar-refractivity contribution is 5.94. The fourth-order valence-corrected chi connectivity index (χ4v) is 3.82. The van der Waals surface area contributed by atoms with Crippen molar-refractivity contribution in [2.24, 2.45) is 0 Å². The number of benzene rings is 2. The minimum absolute atomic E-state index is 0.0601. The maximum Gasteiger partial charge on any atom is 0.152 e. The third-order valence-corrected chi connectivity index (χ3v) is 4.76. The molecule has 2 bridgehead atoms. The zero-order valence-corrected chi connectivity index (χ0v) is 11.8. The summed E-state index contributed by atoms with van der Waals surface area (Å²) in [5.74, 6) is 0.0939. The largest absolute Gasteiger partial charge is 0.373 e. The lowest BCUT2D eigenvalue weighted by Gasteiger charge is -2.34. The van der Waals surface area contributed by atoms with E-state index in [0.717, 1.165) is 24.0 Å². The van der Waals surface area contributed by atoms with Gasteiger partial charge in [-0.15, -0.1) is 0 Å². The Bertz CT molecular complexity index is 580. The molecule has 2 nitrogen and oxygen atoms in total. The van der Waals surface area contributed by atoms with Crippen LogP contribution in [-0.4, -0.2) is 18.0 Å². The van der Waals surface area contributed by atoms with E-state index in [-0.39, 0.29) is 24.0 Å². The van der Waals surface area contributed by atoms with E-state index in [1.54, 1.807) is 0 Å². The molecule has 2 aromatic carbocycles. The molecule has 2 saturated heterocycles. The van der Waals surface area contributed by atoms with Crippen LogP contribution in [0.5, 0.6) is 0 Å². The molecule has 106 valence electrons. The Morgan fingerprint density at radius 3 is 1.57 bits per heavy atom. The Morgan fingerprint density at radius 2 is 1.14 bits per heavy atom. The molecule has 2 heteroatoms. The van der Waals surface area contributed by atoms with Crippen LogP contribution in [-0.2, 0) is 9.53 Å². The van der Waals surface area contributed by atoms with Crippen LogP contribution in [0.1, 0.15) is 35.8 Å². The summed E-state index contributed by atoms with van der Waals surface area (Å²) >= 11 is 0. The zero-order valence-electron chi connectivity index (χ0n) is 11.8. The number of fused-ring (bicyclic) bond motifs is 2. The van der Waals surface area contributed by atoms with Crippen LogP contribution in [0.4, 0.5) is 0 Å². The molecule has 4 unspecified atom stereocenters. The van der Waals surface area contributed by atoms with Crippen LogP contribution in [0, 0.1) is 0 Å². The summed E-state index contributed by atoms with van der Waals surface area (Å²) < 4.78 is 6.18. The van der Waals surface area contributed by atoms with Crippen LogP contribution in [0.25, 0.3) is 0 Å². The quantitative estimate of drug-likeness (QED) is 0.837. The van der Waals surface area contributed by atoms with Gasteiger partial charge in [0.1, 0.15) is 0 Å². The minimum atomic E-state index is -0.116. The van der Waals surface area contributed by atoms with Crippen molar-refractivity contribution in [2.75, 3.05) is 0 Å². The van der Waals surface area contributed by atoms with Gasteiger partial charge >= 0.3 is 0 Å². The molecule has 0 N–H and O–H groups in total. The molecule has 21 heavy (non-hydrogen) atoms. The first kappa shape index (κ1) is 12.8. The van der Waals surface area contributed by atoms with E-state index in [9.17, 15) is 4.79 Å². The fraction of sp³-hybridized carbons (Fsp3) is 0.316. The van der Waals surface area contributed by atoms with Crippen molar-refractivity contribution in [3.63, 3.8) is 0 Å². The zero-order chi connectivity index (χ0) is 14.2. The highest BCUT2D eigenvalue weighted by Gasteiger charge is 2.49. The van der Waals surface area contributed by atoms with Crippen molar-refractivity contribution in [3.05, 3.63) is 71.8 Å². The Kier molecular flexibility index (Phi) is 3.12. The Hall–Kier alpha value is -1.93. The highest BCUT2D eigenvalue weighted by atomic mass is 16.5. The Labute approximate surface area is 124 Å². The molecule has 2 aliphatic rings. The molecule has 0 radical (unpaired) electrons. The second kappa shape index (κ2) is 5.12. The van der Waals surface area contributed by atoms with E-state index in [1.165, 1.54) is 0 Å². The summed E-state index contributed by atoms with van der Waals surface area (Å²) in [7, 11) is 0. The molecule has 2 fully saturated rings. The first-order valence-corrected chi connectivity index (χ1v) is 7.63. The van der Waals surface area contributed by atoms with Gasteiger partial charge in [0, 0.05) is 0 Å². The molecular formula is C19H18O2. The maximum atomic E-state index is 13.1. The number of carbonyl (C=O) groups excluding carboxylic acids is 1. The molecule has 0 aromatic heterocycles. The van der Waals surface area contributed by atoms with E-state index in [2.05, 4.69) is 0 Å². The summed E-state index contributed by atoms with van der Waals surface area (Å²) in [5.41, 5.74) is 2.18. The van der Waals surface area contributed by atoms with Crippen LogP contribution >= 0.6 is 0 Å². The van der Waals surface area contributed by atoms with Gasteiger partial charge in [0.15, 0.2) is 5.78 Å². The molecule has 2 aromatic rings.